The normalized spacial score (nSPS) is 15.6. The van der Waals surface area contributed by atoms with Crippen LogP contribution in [0.15, 0.2) is 18.2 Å². The van der Waals surface area contributed by atoms with Crippen LogP contribution in [0.1, 0.15) is 38.8 Å². The van der Waals surface area contributed by atoms with Crippen LogP contribution in [0, 0.1) is 6.92 Å². The van der Waals surface area contributed by atoms with Crippen molar-refractivity contribution in [2.24, 2.45) is 0 Å². The van der Waals surface area contributed by atoms with Gasteiger partial charge in [0, 0.05) is 24.8 Å². The smallest absolute Gasteiger partial charge is 0.407 e. The Morgan fingerprint density at radius 1 is 1.43 bits per heavy atom. The van der Waals surface area contributed by atoms with Gasteiger partial charge in [0.1, 0.15) is 5.60 Å². The fourth-order valence-corrected chi connectivity index (χ4v) is 2.63. The van der Waals surface area contributed by atoms with Crippen molar-refractivity contribution in [1.82, 2.24) is 5.32 Å². The molecule has 0 fully saturated rings. The summed E-state index contributed by atoms with van der Waals surface area (Å²) >= 11 is 0. The van der Waals surface area contributed by atoms with Gasteiger partial charge in [-0.1, -0.05) is 12.1 Å². The highest BCUT2D eigenvalue weighted by Crippen LogP contribution is 2.28. The van der Waals surface area contributed by atoms with Crippen molar-refractivity contribution in [3.05, 3.63) is 29.3 Å². The van der Waals surface area contributed by atoms with E-state index < -0.39 is 5.60 Å². The van der Waals surface area contributed by atoms with Crippen LogP contribution in [0.2, 0.25) is 0 Å². The van der Waals surface area contributed by atoms with Crippen molar-refractivity contribution < 1.29 is 9.53 Å². The number of fused-ring (bicyclic) bond motifs is 1. The molecule has 21 heavy (non-hydrogen) atoms. The van der Waals surface area contributed by atoms with Crippen LogP contribution in [0.4, 0.5) is 10.5 Å². The van der Waals surface area contributed by atoms with Crippen LogP contribution in [0.25, 0.3) is 0 Å². The second-order valence-corrected chi connectivity index (χ2v) is 6.88. The molecule has 1 atom stereocenters. The molecule has 1 unspecified atom stereocenters. The largest absolute Gasteiger partial charge is 0.444 e. The average molecular weight is 290 g/mol. The van der Waals surface area contributed by atoms with E-state index in [1.807, 2.05) is 27.7 Å². The number of benzene rings is 1. The van der Waals surface area contributed by atoms with E-state index in [0.717, 1.165) is 19.5 Å². The summed E-state index contributed by atoms with van der Waals surface area (Å²) in [5.74, 6) is 0. The van der Waals surface area contributed by atoms with Gasteiger partial charge in [0.25, 0.3) is 0 Å². The molecule has 0 spiro atoms. The van der Waals surface area contributed by atoms with E-state index in [-0.39, 0.29) is 12.1 Å². The lowest BCUT2D eigenvalue weighted by atomic mass is 10.1. The molecule has 2 rings (SSSR count). The zero-order valence-electron chi connectivity index (χ0n) is 13.7. The number of aryl methyl sites for hydroxylation is 1. The van der Waals surface area contributed by atoms with Crippen molar-refractivity contribution in [1.29, 1.82) is 0 Å². The third-order valence-electron chi connectivity index (χ3n) is 3.49. The van der Waals surface area contributed by atoms with Crippen LogP contribution < -0.4 is 10.2 Å². The predicted molar refractivity (Wildman–Crippen MR) is 85.9 cm³/mol. The fraction of sp³-hybridized carbons (Fsp3) is 0.588. The van der Waals surface area contributed by atoms with Crippen molar-refractivity contribution in [3.63, 3.8) is 0 Å². The number of nitrogens with zero attached hydrogens (tertiary/aromatic N) is 1. The molecule has 1 aromatic carbocycles. The van der Waals surface area contributed by atoms with Gasteiger partial charge in [-0.05, 0) is 58.2 Å². The maximum Gasteiger partial charge on any atom is 0.407 e. The number of ether oxygens (including phenoxy) is 1. The monoisotopic (exact) mass is 290 g/mol. The van der Waals surface area contributed by atoms with E-state index in [2.05, 4.69) is 35.3 Å². The quantitative estimate of drug-likeness (QED) is 0.929. The number of anilines is 1. The molecule has 1 aromatic rings. The van der Waals surface area contributed by atoms with E-state index in [1.165, 1.54) is 16.8 Å². The van der Waals surface area contributed by atoms with Crippen molar-refractivity contribution >= 4 is 11.8 Å². The Labute approximate surface area is 127 Å². The molecule has 0 saturated carbocycles. The summed E-state index contributed by atoms with van der Waals surface area (Å²) in [7, 11) is 0. The Morgan fingerprint density at radius 3 is 2.81 bits per heavy atom. The van der Waals surface area contributed by atoms with Gasteiger partial charge in [-0.15, -0.1) is 0 Å². The minimum atomic E-state index is -0.457. The summed E-state index contributed by atoms with van der Waals surface area (Å²) in [5, 5.41) is 2.91. The summed E-state index contributed by atoms with van der Waals surface area (Å²) in [5.41, 5.74) is 3.51. The van der Waals surface area contributed by atoms with Gasteiger partial charge >= 0.3 is 6.09 Å². The Kier molecular flexibility index (Phi) is 4.45. The molecule has 0 radical (unpaired) electrons. The van der Waals surface area contributed by atoms with E-state index in [9.17, 15) is 4.79 Å². The highest BCUT2D eigenvalue weighted by atomic mass is 16.6. The Hall–Kier alpha value is -1.71. The fourth-order valence-electron chi connectivity index (χ4n) is 2.63. The summed E-state index contributed by atoms with van der Waals surface area (Å²) < 4.78 is 5.29. The number of carbonyl (C=O) groups excluding carboxylic acids is 1. The summed E-state index contributed by atoms with van der Waals surface area (Å²) in [6.07, 6.45) is 0.730. The predicted octanol–water partition coefficient (Wildman–Crippen LogP) is 3.27. The maximum absolute atomic E-state index is 11.8. The van der Waals surface area contributed by atoms with Gasteiger partial charge < -0.3 is 15.0 Å². The second kappa shape index (κ2) is 5.96. The lowest BCUT2D eigenvalue weighted by Crippen LogP contribution is -2.43. The van der Waals surface area contributed by atoms with Crippen molar-refractivity contribution in [3.8, 4) is 0 Å². The molecule has 1 aliphatic rings. The lowest BCUT2D eigenvalue weighted by molar-refractivity contribution is 0.0510. The molecule has 0 bridgehead atoms. The first-order valence-electron chi connectivity index (χ1n) is 7.58. The Balaban J connectivity index is 1.92. The van der Waals surface area contributed by atoms with Crippen molar-refractivity contribution in [2.75, 3.05) is 18.0 Å². The third kappa shape index (κ3) is 4.38. The van der Waals surface area contributed by atoms with Crippen molar-refractivity contribution in [2.45, 2.75) is 52.7 Å². The van der Waals surface area contributed by atoms with Gasteiger partial charge in [0.05, 0.1) is 0 Å². The molecule has 0 saturated heterocycles. The van der Waals surface area contributed by atoms with Gasteiger partial charge in [-0.2, -0.15) is 0 Å². The first kappa shape index (κ1) is 15.7. The zero-order valence-corrected chi connectivity index (χ0v) is 13.7. The highest BCUT2D eigenvalue weighted by molar-refractivity contribution is 5.68. The van der Waals surface area contributed by atoms with Gasteiger partial charge in [-0.25, -0.2) is 4.79 Å². The zero-order chi connectivity index (χ0) is 15.6. The molecule has 1 N–H and O–H groups in total. The minimum Gasteiger partial charge on any atom is -0.444 e. The van der Waals surface area contributed by atoms with Crippen LogP contribution in [0.5, 0.6) is 0 Å². The van der Waals surface area contributed by atoms with Crippen LogP contribution in [-0.4, -0.2) is 30.8 Å². The molecule has 0 aromatic heterocycles. The molecular formula is C17H26N2O2. The number of carbonyl (C=O) groups is 1. The molecule has 1 amide bonds. The van der Waals surface area contributed by atoms with E-state index in [4.69, 9.17) is 4.74 Å². The standard InChI is InChI=1S/C17H26N2O2/c1-12-6-7-14-8-9-19(15(14)10-12)11-13(2)18-16(20)21-17(3,4)5/h6-7,10,13H,8-9,11H2,1-5H3,(H,18,20). The Morgan fingerprint density at radius 2 is 2.14 bits per heavy atom. The van der Waals surface area contributed by atoms with Gasteiger partial charge in [0.2, 0.25) is 0 Å². The molecule has 116 valence electrons. The first-order chi connectivity index (χ1) is 9.74. The maximum atomic E-state index is 11.8. The second-order valence-electron chi connectivity index (χ2n) is 6.88. The van der Waals surface area contributed by atoms with Crippen LogP contribution in [-0.2, 0) is 11.2 Å². The number of alkyl carbamates (subject to hydrolysis) is 1. The molecule has 4 heteroatoms. The summed E-state index contributed by atoms with van der Waals surface area (Å²) in [6, 6.07) is 6.63. The first-order valence-corrected chi connectivity index (χ1v) is 7.58. The number of hydrogen-bond acceptors (Lipinski definition) is 3. The number of amides is 1. The van der Waals surface area contributed by atoms with E-state index in [1.54, 1.807) is 0 Å². The van der Waals surface area contributed by atoms with Crippen LogP contribution >= 0.6 is 0 Å². The molecule has 0 aliphatic carbocycles. The average Bonchev–Trinajstić information content (AvgIpc) is 2.69. The molecule has 1 aliphatic heterocycles. The molecule has 4 nitrogen and oxygen atoms in total. The summed E-state index contributed by atoms with van der Waals surface area (Å²) in [4.78, 5) is 14.1. The highest BCUT2D eigenvalue weighted by Gasteiger charge is 2.22. The topological polar surface area (TPSA) is 41.6 Å². The molecule has 1 heterocycles. The number of hydrogen-bond donors (Lipinski definition) is 1. The summed E-state index contributed by atoms with van der Waals surface area (Å²) in [6.45, 7) is 11.6. The van der Waals surface area contributed by atoms with E-state index >= 15 is 0 Å². The number of nitrogens with one attached hydrogen (secondary N) is 1. The SMILES string of the molecule is Cc1ccc2c(c1)N(CC(C)NC(=O)OC(C)(C)C)CC2. The third-order valence-corrected chi connectivity index (χ3v) is 3.49. The van der Waals surface area contributed by atoms with Crippen LogP contribution in [0.3, 0.4) is 0 Å². The lowest BCUT2D eigenvalue weighted by Gasteiger charge is -2.26. The number of rotatable bonds is 3. The molecular weight excluding hydrogens is 264 g/mol. The Bertz CT molecular complexity index is 520. The van der Waals surface area contributed by atoms with Gasteiger partial charge in [-0.3, -0.25) is 0 Å². The minimum absolute atomic E-state index is 0.0475. The van der Waals surface area contributed by atoms with E-state index in [0.29, 0.717) is 0 Å². The van der Waals surface area contributed by atoms with Gasteiger partial charge in [0.15, 0.2) is 0 Å².